The number of aromatic nitrogens is 1. The maximum atomic E-state index is 4.29. The number of anilines is 2. The van der Waals surface area contributed by atoms with Gasteiger partial charge in [-0.3, -0.25) is 4.98 Å². The van der Waals surface area contributed by atoms with Crippen molar-refractivity contribution in [3.8, 4) is 22.3 Å². The van der Waals surface area contributed by atoms with Crippen LogP contribution in [-0.2, 0) is 5.41 Å². The Bertz CT molecular complexity index is 1400. The van der Waals surface area contributed by atoms with Gasteiger partial charge in [0.2, 0.25) is 0 Å². The lowest BCUT2D eigenvalue weighted by molar-refractivity contribution is 0.332. The minimum Gasteiger partial charge on any atom is -0.334 e. The molecule has 4 aromatic rings. The molecule has 2 atom stereocenters. The van der Waals surface area contributed by atoms with Crippen LogP contribution in [0, 0.1) is 5.92 Å². The first-order valence-corrected chi connectivity index (χ1v) is 12.0. The summed E-state index contributed by atoms with van der Waals surface area (Å²) in [5.74, 6) is 0.407. The molecule has 166 valence electrons. The molecule has 2 heteroatoms. The molecule has 0 saturated heterocycles. The maximum Gasteiger partial charge on any atom is 0.0596 e. The molecule has 1 aromatic heterocycles. The van der Waals surface area contributed by atoms with Crippen LogP contribution in [0.3, 0.4) is 0 Å². The molecule has 0 fully saturated rings. The molecule has 0 amide bonds. The van der Waals surface area contributed by atoms with E-state index in [1.807, 2.05) is 18.5 Å². The summed E-state index contributed by atoms with van der Waals surface area (Å²) in [5, 5.41) is 0. The normalized spacial score (nSPS) is 20.0. The highest BCUT2D eigenvalue weighted by Gasteiger charge is 2.44. The standard InChI is InChI=1S/C32H28N2/c1-32(2)28-15-3-5-17-30(28)34(31-18-6-4-16-29(31)32)27-14-8-12-25(21-27)23-10-7-11-24(20-23)26-13-9-19-33-22-26/h3-22,28,30H,1-2H3. The Balaban J connectivity index is 1.46. The van der Waals surface area contributed by atoms with Crippen LogP contribution in [0.2, 0.25) is 0 Å². The molecule has 0 radical (unpaired) electrons. The van der Waals surface area contributed by atoms with E-state index in [0.717, 1.165) is 5.56 Å². The van der Waals surface area contributed by atoms with E-state index in [9.17, 15) is 0 Å². The fourth-order valence-corrected chi connectivity index (χ4v) is 5.64. The zero-order chi connectivity index (χ0) is 23.1. The summed E-state index contributed by atoms with van der Waals surface area (Å²) >= 11 is 0. The van der Waals surface area contributed by atoms with E-state index >= 15 is 0 Å². The highest BCUT2D eigenvalue weighted by Crippen LogP contribution is 2.50. The highest BCUT2D eigenvalue weighted by molar-refractivity contribution is 5.78. The molecule has 6 rings (SSSR count). The second kappa shape index (κ2) is 8.14. The number of rotatable bonds is 3. The SMILES string of the molecule is CC1(C)c2ccccc2N(c2cccc(-c3cccc(-c4cccnc4)c3)c2)C2C=CC=CC21. The largest absolute Gasteiger partial charge is 0.334 e. The van der Waals surface area contributed by atoms with Gasteiger partial charge < -0.3 is 4.90 Å². The van der Waals surface area contributed by atoms with E-state index in [1.165, 1.54) is 33.6 Å². The van der Waals surface area contributed by atoms with Crippen molar-refractivity contribution in [3.05, 3.63) is 127 Å². The van der Waals surface area contributed by atoms with E-state index in [4.69, 9.17) is 0 Å². The predicted octanol–water partition coefficient (Wildman–Crippen LogP) is 7.96. The number of allylic oxidation sites excluding steroid dienone is 2. The average Bonchev–Trinajstić information content (AvgIpc) is 2.90. The Labute approximate surface area is 201 Å². The minimum absolute atomic E-state index is 0.0642. The minimum atomic E-state index is 0.0642. The highest BCUT2D eigenvalue weighted by atomic mass is 15.2. The lowest BCUT2D eigenvalue weighted by Crippen LogP contribution is -2.49. The van der Waals surface area contributed by atoms with Crippen LogP contribution in [0.5, 0.6) is 0 Å². The summed E-state index contributed by atoms with van der Waals surface area (Å²) in [4.78, 5) is 6.82. The lowest BCUT2D eigenvalue weighted by Gasteiger charge is -2.50. The first-order chi connectivity index (χ1) is 16.6. The molecule has 2 nitrogen and oxygen atoms in total. The van der Waals surface area contributed by atoms with E-state index in [2.05, 4.69) is 127 Å². The van der Waals surface area contributed by atoms with Crippen molar-refractivity contribution in [2.75, 3.05) is 4.90 Å². The summed E-state index contributed by atoms with van der Waals surface area (Å²) in [6.45, 7) is 4.76. The van der Waals surface area contributed by atoms with Crippen molar-refractivity contribution < 1.29 is 0 Å². The second-order valence-electron chi connectivity index (χ2n) is 9.77. The fraction of sp³-hybridized carbons (Fsp3) is 0.156. The van der Waals surface area contributed by atoms with Gasteiger partial charge in [0.15, 0.2) is 0 Å². The molecule has 2 aliphatic rings. The zero-order valence-electron chi connectivity index (χ0n) is 19.6. The van der Waals surface area contributed by atoms with Gasteiger partial charge in [-0.2, -0.15) is 0 Å². The van der Waals surface area contributed by atoms with Gasteiger partial charge in [-0.15, -0.1) is 0 Å². The fourth-order valence-electron chi connectivity index (χ4n) is 5.64. The van der Waals surface area contributed by atoms with Gasteiger partial charge in [0.25, 0.3) is 0 Å². The number of pyridine rings is 1. The molecular formula is C32H28N2. The Morgan fingerprint density at radius 3 is 2.24 bits per heavy atom. The van der Waals surface area contributed by atoms with Crippen LogP contribution in [-0.4, -0.2) is 11.0 Å². The van der Waals surface area contributed by atoms with Crippen molar-refractivity contribution >= 4 is 11.4 Å². The number of fused-ring (bicyclic) bond motifs is 2. The quantitative estimate of drug-likeness (QED) is 0.321. The predicted molar refractivity (Wildman–Crippen MR) is 142 cm³/mol. The number of hydrogen-bond donors (Lipinski definition) is 0. The number of para-hydroxylation sites is 1. The van der Waals surface area contributed by atoms with E-state index in [-0.39, 0.29) is 11.5 Å². The Morgan fingerprint density at radius 2 is 1.41 bits per heavy atom. The van der Waals surface area contributed by atoms with Gasteiger partial charge in [-0.1, -0.05) is 92.7 Å². The molecule has 0 saturated carbocycles. The molecule has 2 heterocycles. The van der Waals surface area contributed by atoms with Crippen LogP contribution in [0.4, 0.5) is 11.4 Å². The summed E-state index contributed by atoms with van der Waals surface area (Å²) in [6, 6.07) is 31.0. The molecule has 34 heavy (non-hydrogen) atoms. The second-order valence-corrected chi connectivity index (χ2v) is 9.77. The van der Waals surface area contributed by atoms with Gasteiger partial charge in [-0.25, -0.2) is 0 Å². The Kier molecular flexibility index (Phi) is 4.95. The molecule has 1 aliphatic heterocycles. The lowest BCUT2D eigenvalue weighted by atomic mass is 9.65. The number of hydrogen-bond acceptors (Lipinski definition) is 2. The Morgan fingerprint density at radius 1 is 0.706 bits per heavy atom. The van der Waals surface area contributed by atoms with Gasteiger partial charge in [0.1, 0.15) is 0 Å². The third-order valence-corrected chi connectivity index (χ3v) is 7.41. The first-order valence-electron chi connectivity index (χ1n) is 12.0. The van der Waals surface area contributed by atoms with E-state index in [0.29, 0.717) is 5.92 Å². The molecule has 2 unspecified atom stereocenters. The van der Waals surface area contributed by atoms with Crippen LogP contribution >= 0.6 is 0 Å². The topological polar surface area (TPSA) is 16.1 Å². The summed E-state index contributed by atoms with van der Waals surface area (Å²) < 4.78 is 0. The molecule has 0 bridgehead atoms. The van der Waals surface area contributed by atoms with Crippen molar-refractivity contribution in [1.82, 2.24) is 4.98 Å². The van der Waals surface area contributed by atoms with Crippen LogP contribution in [0.15, 0.2) is 122 Å². The van der Waals surface area contributed by atoms with Crippen LogP contribution < -0.4 is 4.90 Å². The zero-order valence-corrected chi connectivity index (χ0v) is 19.6. The summed E-state index contributed by atoms with van der Waals surface area (Å²) in [5.41, 5.74) is 8.74. The smallest absolute Gasteiger partial charge is 0.0596 e. The maximum absolute atomic E-state index is 4.29. The Hall–Kier alpha value is -3.91. The van der Waals surface area contributed by atoms with Gasteiger partial charge in [0.05, 0.1) is 6.04 Å². The number of nitrogens with zero attached hydrogens (tertiary/aromatic N) is 2. The van der Waals surface area contributed by atoms with E-state index < -0.39 is 0 Å². The van der Waals surface area contributed by atoms with Crippen molar-refractivity contribution in [2.24, 2.45) is 5.92 Å². The summed E-state index contributed by atoms with van der Waals surface area (Å²) in [6.07, 6.45) is 12.9. The number of benzene rings is 3. The molecule has 1 aliphatic carbocycles. The van der Waals surface area contributed by atoms with Crippen molar-refractivity contribution in [3.63, 3.8) is 0 Å². The van der Waals surface area contributed by atoms with Gasteiger partial charge in [0, 0.05) is 40.7 Å². The van der Waals surface area contributed by atoms with Gasteiger partial charge >= 0.3 is 0 Å². The van der Waals surface area contributed by atoms with Crippen molar-refractivity contribution in [1.29, 1.82) is 0 Å². The van der Waals surface area contributed by atoms with E-state index in [1.54, 1.807) is 0 Å². The third-order valence-electron chi connectivity index (χ3n) is 7.41. The van der Waals surface area contributed by atoms with Crippen LogP contribution in [0.25, 0.3) is 22.3 Å². The van der Waals surface area contributed by atoms with Crippen LogP contribution in [0.1, 0.15) is 19.4 Å². The average molecular weight is 441 g/mol. The third kappa shape index (κ3) is 3.38. The molecular weight excluding hydrogens is 412 g/mol. The molecule has 3 aromatic carbocycles. The molecule has 0 spiro atoms. The molecule has 0 N–H and O–H groups in total. The first kappa shape index (κ1) is 20.7. The monoisotopic (exact) mass is 440 g/mol. The van der Waals surface area contributed by atoms with Crippen molar-refractivity contribution in [2.45, 2.75) is 25.3 Å². The van der Waals surface area contributed by atoms with Gasteiger partial charge in [-0.05, 0) is 52.6 Å². The summed E-state index contributed by atoms with van der Waals surface area (Å²) in [7, 11) is 0.